The van der Waals surface area contributed by atoms with Crippen LogP contribution < -0.4 is 5.32 Å². The number of nitrogens with zero attached hydrogens (tertiary/aromatic N) is 3. The largest absolute Gasteiger partial charge is 0.368 e. The van der Waals surface area contributed by atoms with Crippen molar-refractivity contribution in [2.45, 2.75) is 32.8 Å². The second-order valence-corrected chi connectivity index (χ2v) is 5.56. The van der Waals surface area contributed by atoms with Gasteiger partial charge in [0.1, 0.15) is 6.10 Å². The summed E-state index contributed by atoms with van der Waals surface area (Å²) in [5, 5.41) is 3.18. The fourth-order valence-electron chi connectivity index (χ4n) is 2.65. The highest BCUT2D eigenvalue weighted by molar-refractivity contribution is 5.25. The van der Waals surface area contributed by atoms with Gasteiger partial charge in [0.25, 0.3) is 0 Å². The van der Waals surface area contributed by atoms with Crippen LogP contribution in [0.1, 0.15) is 35.3 Å². The number of rotatable bonds is 5. The fourth-order valence-corrected chi connectivity index (χ4v) is 2.65. The first-order valence-electron chi connectivity index (χ1n) is 7.40. The third-order valence-corrected chi connectivity index (χ3v) is 3.85. The summed E-state index contributed by atoms with van der Waals surface area (Å²) in [6.07, 6.45) is 2.16. The summed E-state index contributed by atoms with van der Waals surface area (Å²) in [5.74, 6) is 0.837. The fraction of sp³-hybridized carbons (Fsp3) is 0.733. The van der Waals surface area contributed by atoms with Crippen molar-refractivity contribution < 1.29 is 4.74 Å². The van der Waals surface area contributed by atoms with Crippen LogP contribution in [-0.2, 0) is 11.2 Å². The molecule has 1 aliphatic rings. The zero-order chi connectivity index (χ0) is 14.5. The second-order valence-electron chi connectivity index (χ2n) is 5.56. The normalized spacial score (nSPS) is 20.3. The third-order valence-electron chi connectivity index (χ3n) is 3.85. The van der Waals surface area contributed by atoms with Crippen LogP contribution in [0.5, 0.6) is 0 Å². The Labute approximate surface area is 121 Å². The van der Waals surface area contributed by atoms with Crippen molar-refractivity contribution in [2.24, 2.45) is 0 Å². The highest BCUT2D eigenvalue weighted by Crippen LogP contribution is 2.21. The van der Waals surface area contributed by atoms with E-state index in [9.17, 15) is 0 Å². The summed E-state index contributed by atoms with van der Waals surface area (Å²) < 4.78 is 5.81. The van der Waals surface area contributed by atoms with Crippen molar-refractivity contribution in [3.63, 3.8) is 0 Å². The average Bonchev–Trinajstić information content (AvgIpc) is 2.41. The van der Waals surface area contributed by atoms with Crippen molar-refractivity contribution in [1.29, 1.82) is 0 Å². The molecule has 1 atom stereocenters. The maximum Gasteiger partial charge on any atom is 0.158 e. The molecule has 2 rings (SSSR count). The molecule has 20 heavy (non-hydrogen) atoms. The minimum absolute atomic E-state index is 0.0116. The molecule has 0 amide bonds. The summed E-state index contributed by atoms with van der Waals surface area (Å²) in [4.78, 5) is 11.6. The molecule has 1 aromatic heterocycles. The molecule has 5 nitrogen and oxygen atoms in total. The number of ether oxygens (including phenoxy) is 1. The van der Waals surface area contributed by atoms with Crippen molar-refractivity contribution in [1.82, 2.24) is 20.2 Å². The van der Waals surface area contributed by atoms with E-state index in [-0.39, 0.29) is 6.10 Å². The number of morpholine rings is 1. The zero-order valence-electron chi connectivity index (χ0n) is 13.1. The molecule has 112 valence electrons. The maximum atomic E-state index is 5.81. The minimum Gasteiger partial charge on any atom is -0.368 e. The predicted octanol–water partition coefficient (Wildman–Crippen LogP) is 1.25. The van der Waals surface area contributed by atoms with Gasteiger partial charge in [-0.25, -0.2) is 9.97 Å². The highest BCUT2D eigenvalue weighted by Gasteiger charge is 2.23. The monoisotopic (exact) mass is 278 g/mol. The van der Waals surface area contributed by atoms with Crippen LogP contribution in [0.4, 0.5) is 0 Å². The molecule has 0 spiro atoms. The van der Waals surface area contributed by atoms with Crippen molar-refractivity contribution in [3.05, 3.63) is 22.8 Å². The summed E-state index contributed by atoms with van der Waals surface area (Å²) >= 11 is 0. The van der Waals surface area contributed by atoms with E-state index in [1.54, 1.807) is 0 Å². The highest BCUT2D eigenvalue weighted by atomic mass is 16.5. The average molecular weight is 278 g/mol. The van der Waals surface area contributed by atoms with Crippen LogP contribution in [0.15, 0.2) is 0 Å². The molecule has 1 saturated heterocycles. The molecule has 1 fully saturated rings. The van der Waals surface area contributed by atoms with E-state index in [0.717, 1.165) is 56.3 Å². The number of hydrogen-bond acceptors (Lipinski definition) is 5. The Bertz CT molecular complexity index is 426. The molecular weight excluding hydrogens is 252 g/mol. The molecule has 0 aromatic carbocycles. The lowest BCUT2D eigenvalue weighted by atomic mass is 10.1. The molecule has 5 heteroatoms. The van der Waals surface area contributed by atoms with E-state index < -0.39 is 0 Å². The Morgan fingerprint density at radius 2 is 2.00 bits per heavy atom. The molecule has 0 bridgehead atoms. The van der Waals surface area contributed by atoms with E-state index in [2.05, 4.69) is 41.1 Å². The van der Waals surface area contributed by atoms with Crippen LogP contribution >= 0.6 is 0 Å². The summed E-state index contributed by atoms with van der Waals surface area (Å²) in [7, 11) is 4.09. The Balaban J connectivity index is 2.12. The molecule has 0 saturated carbocycles. The van der Waals surface area contributed by atoms with Crippen LogP contribution in [0.3, 0.4) is 0 Å². The molecule has 1 aromatic rings. The standard InChI is InChI=1S/C15H26N4O/c1-11-13(6-5-7-16-3)12(2)18-15(17-11)14-10-19(4)8-9-20-14/h14,16H,5-10H2,1-4H3. The number of aromatic nitrogens is 2. The minimum atomic E-state index is 0.0116. The topological polar surface area (TPSA) is 50.3 Å². The second kappa shape index (κ2) is 7.11. The first kappa shape index (κ1) is 15.4. The first-order chi connectivity index (χ1) is 9.61. The van der Waals surface area contributed by atoms with Gasteiger partial charge in [-0.05, 0) is 52.9 Å². The summed E-state index contributed by atoms with van der Waals surface area (Å²) in [6.45, 7) is 7.80. The van der Waals surface area contributed by atoms with Gasteiger partial charge < -0.3 is 15.0 Å². The van der Waals surface area contributed by atoms with E-state index in [1.807, 2.05) is 7.05 Å². The van der Waals surface area contributed by atoms with Crippen LogP contribution in [0.2, 0.25) is 0 Å². The van der Waals surface area contributed by atoms with Gasteiger partial charge in [0.2, 0.25) is 0 Å². The predicted molar refractivity (Wildman–Crippen MR) is 79.9 cm³/mol. The summed E-state index contributed by atoms with van der Waals surface area (Å²) in [6, 6.07) is 0. The molecule has 1 aliphatic heterocycles. The Morgan fingerprint density at radius 3 is 2.60 bits per heavy atom. The van der Waals surface area contributed by atoms with Gasteiger partial charge in [0.05, 0.1) is 6.61 Å². The van der Waals surface area contributed by atoms with Gasteiger partial charge in [-0.15, -0.1) is 0 Å². The number of hydrogen-bond donors (Lipinski definition) is 1. The lowest BCUT2D eigenvalue weighted by Gasteiger charge is -2.29. The molecule has 0 radical (unpaired) electrons. The molecule has 1 N–H and O–H groups in total. The van der Waals surface area contributed by atoms with Crippen LogP contribution in [-0.4, -0.2) is 55.2 Å². The Hall–Kier alpha value is -1.04. The lowest BCUT2D eigenvalue weighted by Crippen LogP contribution is -2.36. The number of likely N-dealkylation sites (N-methyl/N-ethyl adjacent to an activating group) is 1. The quantitative estimate of drug-likeness (QED) is 0.822. The van der Waals surface area contributed by atoms with Crippen molar-refractivity contribution in [3.8, 4) is 0 Å². The zero-order valence-corrected chi connectivity index (χ0v) is 13.1. The van der Waals surface area contributed by atoms with Gasteiger partial charge >= 0.3 is 0 Å². The van der Waals surface area contributed by atoms with Gasteiger partial charge in [-0.3, -0.25) is 0 Å². The Morgan fingerprint density at radius 1 is 1.30 bits per heavy atom. The Kier molecular flexibility index (Phi) is 5.46. The van der Waals surface area contributed by atoms with E-state index in [1.165, 1.54) is 5.56 Å². The van der Waals surface area contributed by atoms with Gasteiger partial charge in [0.15, 0.2) is 5.82 Å². The smallest absolute Gasteiger partial charge is 0.158 e. The van der Waals surface area contributed by atoms with E-state index in [4.69, 9.17) is 4.74 Å². The maximum absolute atomic E-state index is 5.81. The molecule has 2 heterocycles. The molecule has 0 aliphatic carbocycles. The van der Waals surface area contributed by atoms with Crippen LogP contribution in [0.25, 0.3) is 0 Å². The van der Waals surface area contributed by atoms with E-state index in [0.29, 0.717) is 0 Å². The number of aryl methyl sites for hydroxylation is 2. The number of nitrogens with one attached hydrogen (secondary N) is 1. The van der Waals surface area contributed by atoms with E-state index >= 15 is 0 Å². The summed E-state index contributed by atoms with van der Waals surface area (Å²) in [5.41, 5.74) is 3.48. The van der Waals surface area contributed by atoms with Crippen molar-refractivity contribution in [2.75, 3.05) is 40.3 Å². The lowest BCUT2D eigenvalue weighted by molar-refractivity contribution is -0.0256. The SMILES string of the molecule is CNCCCc1c(C)nc(C2CN(C)CCO2)nc1C. The first-order valence-corrected chi connectivity index (χ1v) is 7.40. The van der Waals surface area contributed by atoms with Crippen LogP contribution in [0, 0.1) is 13.8 Å². The van der Waals surface area contributed by atoms with Gasteiger partial charge in [-0.1, -0.05) is 0 Å². The van der Waals surface area contributed by atoms with Gasteiger partial charge in [-0.2, -0.15) is 0 Å². The third kappa shape index (κ3) is 3.75. The molecule has 1 unspecified atom stereocenters. The molecular formula is C15H26N4O. The van der Waals surface area contributed by atoms with Gasteiger partial charge in [0, 0.05) is 24.5 Å². The van der Waals surface area contributed by atoms with Crippen molar-refractivity contribution >= 4 is 0 Å².